The van der Waals surface area contributed by atoms with Crippen LogP contribution in [0.3, 0.4) is 0 Å². The number of nitrogens with zero attached hydrogens (tertiary/aromatic N) is 2. The molecule has 7 nitrogen and oxygen atoms in total. The SMILES string of the molecule is CC(C)C(NC(=O)C1CCCCC1)C(=O)N1CCN(S(=O)(=O)c2ccccc2Cl)CC1. The first-order valence-corrected chi connectivity index (χ1v) is 12.9. The third-order valence-corrected chi connectivity index (χ3v) is 8.61. The van der Waals surface area contributed by atoms with E-state index in [9.17, 15) is 18.0 Å². The van der Waals surface area contributed by atoms with Gasteiger partial charge in [-0.1, -0.05) is 56.8 Å². The standard InChI is InChI=1S/C22H32ClN3O4S/c1-16(2)20(24-21(27)17-8-4-3-5-9-17)22(28)25-12-14-26(15-13-25)31(29,30)19-11-7-6-10-18(19)23/h6-7,10-11,16-17,20H,3-5,8-9,12-15H2,1-2H3,(H,24,27). The van der Waals surface area contributed by atoms with Crippen molar-refractivity contribution < 1.29 is 18.0 Å². The minimum atomic E-state index is -3.72. The number of halogens is 1. The van der Waals surface area contributed by atoms with Crippen molar-refractivity contribution in [1.82, 2.24) is 14.5 Å². The lowest BCUT2D eigenvalue weighted by molar-refractivity contribution is -0.139. The Balaban J connectivity index is 1.62. The van der Waals surface area contributed by atoms with Crippen LogP contribution in [0.15, 0.2) is 29.2 Å². The van der Waals surface area contributed by atoms with Gasteiger partial charge in [0, 0.05) is 32.1 Å². The van der Waals surface area contributed by atoms with Gasteiger partial charge in [0.1, 0.15) is 10.9 Å². The second-order valence-corrected chi connectivity index (χ2v) is 11.0. The lowest BCUT2D eigenvalue weighted by atomic mass is 9.88. The summed E-state index contributed by atoms with van der Waals surface area (Å²) in [6.45, 7) is 4.79. The molecule has 1 unspecified atom stereocenters. The summed E-state index contributed by atoms with van der Waals surface area (Å²) in [5.41, 5.74) is 0. The molecule has 1 aliphatic heterocycles. The summed E-state index contributed by atoms with van der Waals surface area (Å²) in [6, 6.07) is 5.77. The molecule has 3 rings (SSSR count). The summed E-state index contributed by atoms with van der Waals surface area (Å²) in [6.07, 6.45) is 5.03. The van der Waals surface area contributed by atoms with Gasteiger partial charge >= 0.3 is 0 Å². The van der Waals surface area contributed by atoms with Crippen LogP contribution in [0.1, 0.15) is 46.0 Å². The van der Waals surface area contributed by atoms with Crippen LogP contribution < -0.4 is 5.32 Å². The van der Waals surface area contributed by atoms with Crippen LogP contribution in [0, 0.1) is 11.8 Å². The summed E-state index contributed by atoms with van der Waals surface area (Å²) in [4.78, 5) is 27.6. The molecule has 0 radical (unpaired) electrons. The second kappa shape index (κ2) is 10.3. The zero-order valence-electron chi connectivity index (χ0n) is 18.2. The van der Waals surface area contributed by atoms with E-state index in [4.69, 9.17) is 11.6 Å². The number of piperazine rings is 1. The van der Waals surface area contributed by atoms with Gasteiger partial charge in [-0.3, -0.25) is 9.59 Å². The molecule has 2 amide bonds. The second-order valence-electron chi connectivity index (χ2n) is 8.73. The highest BCUT2D eigenvalue weighted by Crippen LogP contribution is 2.26. The summed E-state index contributed by atoms with van der Waals surface area (Å²) < 4.78 is 27.2. The van der Waals surface area contributed by atoms with Crippen LogP contribution in [-0.4, -0.2) is 61.7 Å². The summed E-state index contributed by atoms with van der Waals surface area (Å²) in [7, 11) is -3.72. The van der Waals surface area contributed by atoms with Gasteiger partial charge in [0.2, 0.25) is 21.8 Å². The van der Waals surface area contributed by atoms with Crippen molar-refractivity contribution in [3.8, 4) is 0 Å². The van der Waals surface area contributed by atoms with E-state index in [0.29, 0.717) is 0 Å². The Kier molecular flexibility index (Phi) is 7.99. The highest BCUT2D eigenvalue weighted by atomic mass is 35.5. The Morgan fingerprint density at radius 1 is 1.03 bits per heavy atom. The molecule has 1 saturated heterocycles. The lowest BCUT2D eigenvalue weighted by Gasteiger charge is -2.37. The van der Waals surface area contributed by atoms with Crippen LogP contribution in [0.4, 0.5) is 0 Å². The van der Waals surface area contributed by atoms with Gasteiger partial charge in [0.05, 0.1) is 5.02 Å². The van der Waals surface area contributed by atoms with Crippen molar-refractivity contribution in [2.75, 3.05) is 26.2 Å². The number of carbonyl (C=O) groups is 2. The maximum absolute atomic E-state index is 13.2. The normalized spacial score (nSPS) is 19.9. The van der Waals surface area contributed by atoms with Gasteiger partial charge < -0.3 is 10.2 Å². The molecule has 1 heterocycles. The number of rotatable bonds is 6. The van der Waals surface area contributed by atoms with E-state index in [1.807, 2.05) is 13.8 Å². The topological polar surface area (TPSA) is 86.8 Å². The molecule has 0 bridgehead atoms. The molecule has 1 aromatic carbocycles. The van der Waals surface area contributed by atoms with Gasteiger partial charge in [-0.05, 0) is 30.9 Å². The van der Waals surface area contributed by atoms with Crippen LogP contribution in [0.5, 0.6) is 0 Å². The first-order valence-electron chi connectivity index (χ1n) is 11.1. The van der Waals surface area contributed by atoms with Crippen molar-refractivity contribution in [2.45, 2.75) is 56.9 Å². The van der Waals surface area contributed by atoms with Crippen molar-refractivity contribution >= 4 is 33.4 Å². The first-order chi connectivity index (χ1) is 14.7. The average molecular weight is 470 g/mol. The maximum Gasteiger partial charge on any atom is 0.245 e. The molecule has 1 N–H and O–H groups in total. The molecule has 0 aromatic heterocycles. The Hall–Kier alpha value is -1.64. The predicted molar refractivity (Wildman–Crippen MR) is 120 cm³/mol. The molecule has 2 fully saturated rings. The van der Waals surface area contributed by atoms with E-state index in [0.717, 1.165) is 32.1 Å². The Bertz CT molecular complexity index is 892. The quantitative estimate of drug-likeness (QED) is 0.694. The van der Waals surface area contributed by atoms with Crippen LogP contribution in [0.2, 0.25) is 5.02 Å². The van der Waals surface area contributed by atoms with E-state index >= 15 is 0 Å². The Labute approximate surface area is 190 Å². The van der Waals surface area contributed by atoms with Crippen molar-refractivity contribution in [3.05, 3.63) is 29.3 Å². The monoisotopic (exact) mass is 469 g/mol. The van der Waals surface area contributed by atoms with Gasteiger partial charge in [0.25, 0.3) is 0 Å². The van der Waals surface area contributed by atoms with Gasteiger partial charge in [-0.15, -0.1) is 0 Å². The Morgan fingerprint density at radius 3 is 2.23 bits per heavy atom. The number of hydrogen-bond acceptors (Lipinski definition) is 4. The summed E-state index contributed by atoms with van der Waals surface area (Å²) in [5.74, 6) is -0.244. The molecule has 1 aliphatic carbocycles. The Morgan fingerprint density at radius 2 is 1.65 bits per heavy atom. The summed E-state index contributed by atoms with van der Waals surface area (Å²) >= 11 is 6.09. The zero-order chi connectivity index (χ0) is 22.6. The number of carbonyl (C=O) groups excluding carboxylic acids is 2. The molecule has 1 saturated carbocycles. The van der Waals surface area contributed by atoms with Crippen LogP contribution in [0.25, 0.3) is 0 Å². The third-order valence-electron chi connectivity index (χ3n) is 6.21. The van der Waals surface area contributed by atoms with Crippen LogP contribution >= 0.6 is 11.6 Å². The molecule has 172 valence electrons. The molecular formula is C22H32ClN3O4S. The van der Waals surface area contributed by atoms with Crippen molar-refractivity contribution in [1.29, 1.82) is 0 Å². The maximum atomic E-state index is 13.2. The molecule has 1 aromatic rings. The average Bonchev–Trinajstić information content (AvgIpc) is 2.77. The predicted octanol–water partition coefficient (Wildman–Crippen LogP) is 2.89. The lowest BCUT2D eigenvalue weighted by Crippen LogP contribution is -2.57. The smallest absolute Gasteiger partial charge is 0.245 e. The number of sulfonamides is 1. The third kappa shape index (κ3) is 5.59. The van der Waals surface area contributed by atoms with E-state index in [1.165, 1.54) is 10.4 Å². The fourth-order valence-electron chi connectivity index (χ4n) is 4.29. The first kappa shape index (κ1) is 24.0. The molecule has 0 spiro atoms. The number of nitrogens with one attached hydrogen (secondary N) is 1. The van der Waals surface area contributed by atoms with Gasteiger partial charge in [-0.2, -0.15) is 4.31 Å². The van der Waals surface area contributed by atoms with E-state index in [-0.39, 0.29) is 59.7 Å². The minimum absolute atomic E-state index is 0.0135. The minimum Gasteiger partial charge on any atom is -0.344 e. The van der Waals surface area contributed by atoms with E-state index < -0.39 is 16.1 Å². The van der Waals surface area contributed by atoms with Crippen molar-refractivity contribution in [3.63, 3.8) is 0 Å². The molecule has 1 atom stereocenters. The highest BCUT2D eigenvalue weighted by Gasteiger charge is 2.35. The highest BCUT2D eigenvalue weighted by molar-refractivity contribution is 7.89. The molecule has 2 aliphatic rings. The van der Waals surface area contributed by atoms with Gasteiger partial charge in [0.15, 0.2) is 0 Å². The van der Waals surface area contributed by atoms with Gasteiger partial charge in [-0.25, -0.2) is 8.42 Å². The number of benzene rings is 1. The van der Waals surface area contributed by atoms with Crippen molar-refractivity contribution in [2.24, 2.45) is 11.8 Å². The zero-order valence-corrected chi connectivity index (χ0v) is 19.8. The molecular weight excluding hydrogens is 438 g/mol. The van der Waals surface area contributed by atoms with Crippen LogP contribution in [-0.2, 0) is 19.6 Å². The number of hydrogen-bond donors (Lipinski definition) is 1. The molecule has 31 heavy (non-hydrogen) atoms. The fourth-order valence-corrected chi connectivity index (χ4v) is 6.20. The summed E-state index contributed by atoms with van der Waals surface area (Å²) in [5, 5.41) is 3.16. The van der Waals surface area contributed by atoms with E-state index in [1.54, 1.807) is 23.1 Å². The fraction of sp³-hybridized carbons (Fsp3) is 0.636. The largest absolute Gasteiger partial charge is 0.344 e. The molecule has 9 heteroatoms. The van der Waals surface area contributed by atoms with E-state index in [2.05, 4.69) is 5.32 Å². The number of amides is 2.